The number of benzene rings is 1. The molecule has 0 N–H and O–H groups in total. The number of hydrogen-bond donors (Lipinski definition) is 0. The number of halogens is 14. The van der Waals surface area contributed by atoms with Gasteiger partial charge in [0.1, 0.15) is 6.10 Å². The Morgan fingerprint density at radius 2 is 0.915 bits per heavy atom. The van der Waals surface area contributed by atoms with Gasteiger partial charge in [-0.05, 0) is 91.9 Å². The summed E-state index contributed by atoms with van der Waals surface area (Å²) in [5, 5.41) is 0. The largest absolute Gasteiger partial charge is 0.461 e. The Kier molecular flexibility index (Phi) is 24.5. The number of ether oxygens (including phenoxy) is 3. The molecule has 0 aliphatic heterocycles. The van der Waals surface area contributed by atoms with E-state index >= 15 is 0 Å². The van der Waals surface area contributed by atoms with E-state index in [1.165, 1.54) is 34.6 Å². The summed E-state index contributed by atoms with van der Waals surface area (Å²) in [4.78, 5) is 23.0. The minimum absolute atomic E-state index is 0.0108. The molecule has 19 heteroatoms. The number of esters is 2. The number of carbonyl (C=O) groups is 2. The van der Waals surface area contributed by atoms with E-state index in [2.05, 4.69) is 39.4 Å². The fourth-order valence-corrected chi connectivity index (χ4v) is 4.43. The molecule has 59 heavy (non-hydrogen) atoms. The van der Waals surface area contributed by atoms with Gasteiger partial charge in [0.2, 0.25) is 5.82 Å². The van der Waals surface area contributed by atoms with Crippen LogP contribution in [-0.4, -0.2) is 54.4 Å². The summed E-state index contributed by atoms with van der Waals surface area (Å²) in [6, 6.07) is 0. The van der Waals surface area contributed by atoms with Crippen LogP contribution in [0.25, 0.3) is 0 Å². The highest BCUT2D eigenvalue weighted by Gasteiger charge is 2.60. The van der Waals surface area contributed by atoms with Gasteiger partial charge in [0.25, 0.3) is 6.10 Å². The standard InChI is InChI=1S/C13H23F3O2.C10H9F5.C9H12F6O2.C8H18O/c1-7-12(6,13(14,15)16)11(17)18-10(8(2)3)9(4)5;1-3-4(2)5-6(11)8(13)10(15)9(14)7(5)12;1-4-7(2,3)6(16)17-5(8(10,11)12)9(13,14)15;1-6-7(2)9-8(3,4)5/h8-10H,7H2,1-6H3;4H,3H2,1-2H3;5H,4H2,1-3H3;7H,6H2,1-5H3. The Morgan fingerprint density at radius 3 is 1.15 bits per heavy atom. The molecule has 350 valence electrons. The second-order valence-corrected chi connectivity index (χ2v) is 16.4. The molecule has 0 heterocycles. The topological polar surface area (TPSA) is 61.8 Å². The lowest BCUT2D eigenvalue weighted by atomic mass is 9.86. The van der Waals surface area contributed by atoms with Gasteiger partial charge in [0, 0.05) is 5.56 Å². The zero-order valence-electron chi connectivity index (χ0n) is 36.6. The SMILES string of the molecule is CCC(C)(C(=O)OC(C(C)C)C(C)C)C(F)(F)F.CCC(C)(C)C(=O)OC(C(F)(F)F)C(F)(F)F.CCC(C)OC(C)(C)C.CCC(C)c1c(F)c(F)c(F)c(F)c1F. The Morgan fingerprint density at radius 1 is 0.542 bits per heavy atom. The van der Waals surface area contributed by atoms with Gasteiger partial charge in [-0.3, -0.25) is 9.59 Å². The fourth-order valence-electron chi connectivity index (χ4n) is 4.43. The molecule has 0 aliphatic carbocycles. The zero-order chi connectivity index (χ0) is 48.0. The highest BCUT2D eigenvalue weighted by molar-refractivity contribution is 5.77. The summed E-state index contributed by atoms with van der Waals surface area (Å²) >= 11 is 0. The van der Waals surface area contributed by atoms with Crippen LogP contribution in [0.15, 0.2) is 0 Å². The second kappa shape index (κ2) is 24.0. The molecule has 1 rings (SSSR count). The molecule has 0 fully saturated rings. The average Bonchev–Trinajstić information content (AvgIpc) is 3.08. The van der Waals surface area contributed by atoms with E-state index in [1.807, 2.05) is 27.7 Å². The van der Waals surface area contributed by atoms with Crippen molar-refractivity contribution in [3.63, 3.8) is 0 Å². The molecule has 0 spiro atoms. The Hall–Kier alpha value is -2.86. The monoisotopic (exact) mass is 888 g/mol. The van der Waals surface area contributed by atoms with Crippen molar-refractivity contribution in [2.75, 3.05) is 0 Å². The summed E-state index contributed by atoms with van der Waals surface area (Å²) in [6.45, 7) is 26.9. The first kappa shape index (κ1) is 60.4. The predicted octanol–water partition coefficient (Wildman–Crippen LogP) is 14.1. The second-order valence-electron chi connectivity index (χ2n) is 16.4. The van der Waals surface area contributed by atoms with E-state index < -0.39 is 94.1 Å². The Balaban J connectivity index is -0.000000726. The van der Waals surface area contributed by atoms with Gasteiger partial charge in [-0.15, -0.1) is 0 Å². The molecule has 0 amide bonds. The van der Waals surface area contributed by atoms with Crippen LogP contribution in [0, 0.1) is 51.8 Å². The summed E-state index contributed by atoms with van der Waals surface area (Å²) in [7, 11) is 0. The first-order valence-electron chi connectivity index (χ1n) is 19.0. The van der Waals surface area contributed by atoms with Crippen molar-refractivity contribution in [3.05, 3.63) is 34.6 Å². The van der Waals surface area contributed by atoms with Crippen LogP contribution < -0.4 is 0 Å². The molecular weight excluding hydrogens is 826 g/mol. The molecule has 1 aromatic rings. The molecule has 0 bridgehead atoms. The van der Waals surface area contributed by atoms with Crippen molar-refractivity contribution in [1.29, 1.82) is 0 Å². The van der Waals surface area contributed by atoms with Crippen molar-refractivity contribution in [2.45, 2.75) is 185 Å². The lowest BCUT2D eigenvalue weighted by molar-refractivity contribution is -0.315. The van der Waals surface area contributed by atoms with Gasteiger partial charge in [-0.2, -0.15) is 39.5 Å². The Bertz CT molecular complexity index is 1380. The van der Waals surface area contributed by atoms with Crippen LogP contribution in [0.3, 0.4) is 0 Å². The van der Waals surface area contributed by atoms with E-state index in [9.17, 15) is 71.1 Å². The van der Waals surface area contributed by atoms with Crippen LogP contribution in [-0.2, 0) is 23.8 Å². The lowest BCUT2D eigenvalue weighted by Crippen LogP contribution is -2.47. The quantitative estimate of drug-likeness (QED) is 0.0905. The van der Waals surface area contributed by atoms with Gasteiger partial charge in [-0.1, -0.05) is 62.3 Å². The average molecular weight is 889 g/mol. The van der Waals surface area contributed by atoms with Crippen molar-refractivity contribution in [1.82, 2.24) is 0 Å². The van der Waals surface area contributed by atoms with Crippen molar-refractivity contribution in [3.8, 4) is 0 Å². The maximum Gasteiger partial charge on any atom is 0.434 e. The molecule has 0 aromatic heterocycles. The fraction of sp³-hybridized carbons (Fsp3) is 0.800. The van der Waals surface area contributed by atoms with Crippen LogP contribution in [0.4, 0.5) is 61.5 Å². The van der Waals surface area contributed by atoms with Crippen LogP contribution in [0.5, 0.6) is 0 Å². The first-order valence-corrected chi connectivity index (χ1v) is 19.0. The van der Waals surface area contributed by atoms with Crippen LogP contribution >= 0.6 is 0 Å². The molecule has 3 atom stereocenters. The molecule has 3 unspecified atom stereocenters. The predicted molar refractivity (Wildman–Crippen MR) is 196 cm³/mol. The van der Waals surface area contributed by atoms with Gasteiger partial charge in [-0.25, -0.2) is 22.0 Å². The minimum atomic E-state index is -5.67. The normalized spacial score (nSPS) is 14.7. The molecule has 0 saturated heterocycles. The van der Waals surface area contributed by atoms with Crippen molar-refractivity contribution >= 4 is 11.9 Å². The molecule has 1 aromatic carbocycles. The van der Waals surface area contributed by atoms with Crippen LogP contribution in [0.2, 0.25) is 0 Å². The summed E-state index contributed by atoms with van der Waals surface area (Å²) in [5.74, 6) is -12.8. The summed E-state index contributed by atoms with van der Waals surface area (Å²) < 4.78 is 190. The molecule has 0 radical (unpaired) electrons. The minimum Gasteiger partial charge on any atom is -0.461 e. The number of carbonyl (C=O) groups excluding carboxylic acids is 2. The summed E-state index contributed by atoms with van der Waals surface area (Å²) in [5.41, 5.74) is -4.53. The zero-order valence-corrected chi connectivity index (χ0v) is 36.6. The van der Waals surface area contributed by atoms with Gasteiger partial charge in [0.15, 0.2) is 28.7 Å². The lowest BCUT2D eigenvalue weighted by Gasteiger charge is -2.33. The molecule has 5 nitrogen and oxygen atoms in total. The van der Waals surface area contributed by atoms with E-state index in [-0.39, 0.29) is 30.3 Å². The highest BCUT2D eigenvalue weighted by atomic mass is 19.4. The summed E-state index contributed by atoms with van der Waals surface area (Å²) in [6.07, 6.45) is -19.0. The third kappa shape index (κ3) is 19.6. The van der Waals surface area contributed by atoms with E-state index in [1.54, 1.807) is 6.92 Å². The molecular formula is C40H62F14O5. The maximum atomic E-state index is 13.1. The third-order valence-electron chi connectivity index (χ3n) is 9.08. The van der Waals surface area contributed by atoms with Gasteiger partial charge < -0.3 is 14.2 Å². The number of rotatable bonds is 12. The van der Waals surface area contributed by atoms with E-state index in [0.717, 1.165) is 13.3 Å². The van der Waals surface area contributed by atoms with Crippen LogP contribution in [0.1, 0.15) is 148 Å². The molecule has 0 aliphatic rings. The molecule has 0 saturated carbocycles. The van der Waals surface area contributed by atoms with Crippen molar-refractivity contribution in [2.24, 2.45) is 22.7 Å². The van der Waals surface area contributed by atoms with E-state index in [4.69, 9.17) is 9.47 Å². The maximum absolute atomic E-state index is 13.1. The van der Waals surface area contributed by atoms with Gasteiger partial charge >= 0.3 is 30.5 Å². The third-order valence-corrected chi connectivity index (χ3v) is 9.08. The van der Waals surface area contributed by atoms with Crippen molar-refractivity contribution < 1.29 is 85.3 Å². The Labute approximate surface area is 339 Å². The highest BCUT2D eigenvalue weighted by Crippen LogP contribution is 2.43. The first-order chi connectivity index (χ1) is 26.2. The number of hydrogen-bond acceptors (Lipinski definition) is 5. The smallest absolute Gasteiger partial charge is 0.434 e. The number of alkyl halides is 9. The van der Waals surface area contributed by atoms with Gasteiger partial charge in [0.05, 0.1) is 17.1 Å². The van der Waals surface area contributed by atoms with E-state index in [0.29, 0.717) is 12.5 Å².